The summed E-state index contributed by atoms with van der Waals surface area (Å²) < 4.78 is 13.0. The van der Waals surface area contributed by atoms with Gasteiger partial charge in [0.15, 0.2) is 0 Å². The van der Waals surface area contributed by atoms with E-state index in [0.717, 1.165) is 29.3 Å². The topological polar surface area (TPSA) is 157 Å². The third-order valence-electron chi connectivity index (χ3n) is 6.81. The quantitative estimate of drug-likeness (QED) is 0.148. The van der Waals surface area contributed by atoms with Crippen LogP contribution in [0.4, 0.5) is 5.95 Å². The molecule has 4 rings (SSSR count). The van der Waals surface area contributed by atoms with Crippen molar-refractivity contribution in [3.63, 3.8) is 0 Å². The van der Waals surface area contributed by atoms with Gasteiger partial charge in [-0.3, -0.25) is 0 Å². The average molecular weight is 636 g/mol. The van der Waals surface area contributed by atoms with E-state index in [4.69, 9.17) is 14.5 Å². The minimum atomic E-state index is -1.67. The van der Waals surface area contributed by atoms with Crippen molar-refractivity contribution in [3.05, 3.63) is 54.0 Å². The van der Waals surface area contributed by atoms with Gasteiger partial charge in [-0.2, -0.15) is 0 Å². The van der Waals surface area contributed by atoms with E-state index in [1.165, 1.54) is 6.20 Å². The van der Waals surface area contributed by atoms with Crippen LogP contribution in [0, 0.1) is 0 Å². The Bertz CT molecular complexity index is 1540. The molecular weight excluding hydrogens is 600 g/mol. The number of aromatic nitrogens is 5. The van der Waals surface area contributed by atoms with Crippen molar-refractivity contribution in [1.29, 1.82) is 0 Å². The van der Waals surface area contributed by atoms with Crippen molar-refractivity contribution in [1.82, 2.24) is 30.0 Å². The molecule has 0 unspecified atom stereocenters. The maximum absolute atomic E-state index is 12.8. The fourth-order valence-corrected chi connectivity index (χ4v) is 7.26. The molecule has 221 valence electrons. The fourth-order valence-electron chi connectivity index (χ4n) is 4.40. The number of nitrogens with one attached hydrogen (secondary N) is 2. The minimum absolute atomic E-state index is 0.171. The first-order valence-electron chi connectivity index (χ1n) is 13.6. The second-order valence-corrected chi connectivity index (χ2v) is 13.8. The first-order chi connectivity index (χ1) is 20.1. The number of amides is 1. The zero-order valence-corrected chi connectivity index (χ0v) is 26.3. The van der Waals surface area contributed by atoms with Gasteiger partial charge in [-0.15, -0.1) is 0 Å². The summed E-state index contributed by atoms with van der Waals surface area (Å²) >= 11 is -0.620. The van der Waals surface area contributed by atoms with Crippen molar-refractivity contribution in [2.75, 3.05) is 26.1 Å². The molecule has 4 N–H and O–H groups in total. The first kappa shape index (κ1) is 31.3. The number of anilines is 1. The summed E-state index contributed by atoms with van der Waals surface area (Å²) in [7, 11) is 3.30. The van der Waals surface area contributed by atoms with E-state index >= 15 is 0 Å². The van der Waals surface area contributed by atoms with Gasteiger partial charge in [-0.05, 0) is 0 Å². The maximum atomic E-state index is 12.8. The van der Waals surface area contributed by atoms with Crippen LogP contribution >= 0.6 is 0 Å². The fraction of sp³-hybridized carbons (Fsp3) is 0.393. The van der Waals surface area contributed by atoms with Crippen molar-refractivity contribution in [2.24, 2.45) is 7.05 Å². The van der Waals surface area contributed by atoms with Crippen LogP contribution in [0.3, 0.4) is 0 Å². The summed E-state index contributed by atoms with van der Waals surface area (Å²) in [6.45, 7) is 5.16. The van der Waals surface area contributed by atoms with Gasteiger partial charge in [-0.25, -0.2) is 0 Å². The number of aryl methyl sites for hydroxylation is 1. The Morgan fingerprint density at radius 3 is 2.64 bits per heavy atom. The summed E-state index contributed by atoms with van der Waals surface area (Å²) in [4.78, 5) is 26.9. The number of hydrogen-bond donors (Lipinski definition) is 4. The molecular formula is C28H36AsBN7O5. The van der Waals surface area contributed by atoms with E-state index in [0.29, 0.717) is 47.1 Å². The van der Waals surface area contributed by atoms with Crippen LogP contribution in [0.1, 0.15) is 49.0 Å². The molecule has 42 heavy (non-hydrogen) atoms. The Labute approximate surface area is 252 Å². The van der Waals surface area contributed by atoms with Crippen molar-refractivity contribution >= 4 is 55.7 Å². The predicted molar refractivity (Wildman–Crippen MR) is 163 cm³/mol. The van der Waals surface area contributed by atoms with Gasteiger partial charge in [0.25, 0.3) is 0 Å². The molecule has 0 saturated heterocycles. The normalized spacial score (nSPS) is 12.8. The molecule has 0 aliphatic heterocycles. The summed E-state index contributed by atoms with van der Waals surface area (Å²) in [6, 6.07) is 7.19. The molecule has 3 aromatic heterocycles. The molecule has 4 aromatic rings. The van der Waals surface area contributed by atoms with E-state index in [1.807, 2.05) is 18.2 Å². The number of hydrogen-bond acceptors (Lipinski definition) is 10. The molecule has 0 spiro atoms. The molecule has 14 heteroatoms. The van der Waals surface area contributed by atoms with Crippen molar-refractivity contribution in [2.45, 2.75) is 43.9 Å². The standard InChI is InChI=1S/C28H36AsBN7O5/c1-6-7-10-28(2,17-33-26(38)19-14-34-37(3)16-19)29-25-24-22(11-20(15-31-24)30(39)40)35-27(36-25)32-13-18-8-9-21(41-4)12-23(18)42-5/h8-9,11-12,14-16,39-40H,6-7,10,13,17H2,1-5H3,(H,33,38)(H,32,35,36)/t28-/m1/s1. The van der Waals surface area contributed by atoms with E-state index < -0.39 is 22.9 Å². The van der Waals surface area contributed by atoms with Gasteiger partial charge in [-0.1, -0.05) is 0 Å². The third kappa shape index (κ3) is 7.78. The molecule has 0 saturated carbocycles. The summed E-state index contributed by atoms with van der Waals surface area (Å²) in [5, 5.41) is 30.0. The van der Waals surface area contributed by atoms with Crippen LogP contribution in [-0.4, -0.2) is 84.3 Å². The van der Waals surface area contributed by atoms with Gasteiger partial charge >= 0.3 is 253 Å². The van der Waals surface area contributed by atoms with Crippen LogP contribution in [0.15, 0.2) is 42.9 Å². The molecule has 3 heterocycles. The third-order valence-corrected chi connectivity index (χ3v) is 9.84. The van der Waals surface area contributed by atoms with Crippen LogP contribution in [-0.2, 0) is 13.6 Å². The Balaban J connectivity index is 1.65. The SMILES string of the molecule is CCCC[C@](C)(CNC(=O)c1cnn(C)c1)[As]c1nc(NCc2ccc(OC)cc2OC)nc2cc(B(O)O)cnc12. The Hall–Kier alpha value is -3.67. The second-order valence-electron chi connectivity index (χ2n) is 10.2. The second kappa shape index (κ2) is 14.0. The summed E-state index contributed by atoms with van der Waals surface area (Å²) in [5.74, 6) is 1.56. The van der Waals surface area contributed by atoms with E-state index in [9.17, 15) is 14.8 Å². The van der Waals surface area contributed by atoms with Crippen LogP contribution in [0.25, 0.3) is 11.0 Å². The zero-order chi connectivity index (χ0) is 30.3. The monoisotopic (exact) mass is 636 g/mol. The number of fused-ring (bicyclic) bond motifs is 1. The van der Waals surface area contributed by atoms with Gasteiger partial charge in [0.2, 0.25) is 0 Å². The van der Waals surface area contributed by atoms with E-state index in [-0.39, 0.29) is 15.6 Å². The van der Waals surface area contributed by atoms with Crippen molar-refractivity contribution < 1.29 is 24.3 Å². The molecule has 0 aliphatic carbocycles. The molecule has 1 radical (unpaired) electrons. The molecule has 1 aromatic carbocycles. The van der Waals surface area contributed by atoms with E-state index in [2.05, 4.69) is 39.5 Å². The first-order valence-corrected chi connectivity index (χ1v) is 15.5. The number of pyridine rings is 1. The number of benzene rings is 1. The predicted octanol–water partition coefficient (Wildman–Crippen LogP) is 1.20. The van der Waals surface area contributed by atoms with Gasteiger partial charge in [0.05, 0.1) is 0 Å². The average Bonchev–Trinajstić information content (AvgIpc) is 3.43. The van der Waals surface area contributed by atoms with Crippen LogP contribution < -0.4 is 30.1 Å². The van der Waals surface area contributed by atoms with Gasteiger partial charge in [0, 0.05) is 0 Å². The number of rotatable bonds is 14. The number of carbonyl (C=O) groups is 1. The molecule has 0 fully saturated rings. The summed E-state index contributed by atoms with van der Waals surface area (Å²) in [6.07, 6.45) is 7.58. The Kier molecular flexibility index (Phi) is 10.4. The van der Waals surface area contributed by atoms with E-state index in [1.54, 1.807) is 44.4 Å². The molecule has 0 aliphatic rings. The van der Waals surface area contributed by atoms with Crippen molar-refractivity contribution in [3.8, 4) is 11.5 Å². The molecule has 0 bridgehead atoms. The molecule has 12 nitrogen and oxygen atoms in total. The number of ether oxygens (including phenoxy) is 2. The van der Waals surface area contributed by atoms with Gasteiger partial charge in [0.1, 0.15) is 0 Å². The van der Waals surface area contributed by atoms with Crippen LogP contribution in [0.5, 0.6) is 11.5 Å². The molecule has 1 atom stereocenters. The summed E-state index contributed by atoms with van der Waals surface area (Å²) in [5.41, 5.74) is 2.75. The van der Waals surface area contributed by atoms with Crippen LogP contribution in [0.2, 0.25) is 4.20 Å². The Morgan fingerprint density at radius 1 is 1.17 bits per heavy atom. The number of methoxy groups -OCH3 is 2. The molecule has 1 amide bonds. The van der Waals surface area contributed by atoms with Gasteiger partial charge < -0.3 is 0 Å². The zero-order valence-electron chi connectivity index (χ0n) is 24.5. The number of unbranched alkanes of at least 4 members (excludes halogenated alkanes) is 1. The Morgan fingerprint density at radius 2 is 1.98 bits per heavy atom. The number of nitrogens with zero attached hydrogens (tertiary/aromatic N) is 5. The number of carbonyl (C=O) groups excluding carboxylic acids is 1.